The van der Waals surface area contributed by atoms with Gasteiger partial charge in [0.2, 0.25) is 12.6 Å². The van der Waals surface area contributed by atoms with Gasteiger partial charge in [-0.2, -0.15) is 0 Å². The smallest absolute Gasteiger partial charge is 0.343 e. The number of carbonyl (C=O) groups is 2. The largest absolute Gasteiger partial charge is 0.454 e. The van der Waals surface area contributed by atoms with Gasteiger partial charge in [0.1, 0.15) is 17.3 Å². The second-order valence-corrected chi connectivity index (χ2v) is 6.61. The van der Waals surface area contributed by atoms with E-state index in [9.17, 15) is 14.0 Å². The highest BCUT2D eigenvalue weighted by molar-refractivity contribution is 6.14. The molecule has 0 unspecified atom stereocenters. The number of ether oxygens (including phenoxy) is 4. The highest BCUT2D eigenvalue weighted by atomic mass is 19.1. The lowest BCUT2D eigenvalue weighted by Crippen LogP contribution is -2.08. The third-order valence-electron chi connectivity index (χ3n) is 4.61. The highest BCUT2D eigenvalue weighted by Crippen LogP contribution is 2.37. The molecule has 3 aromatic rings. The van der Waals surface area contributed by atoms with Crippen LogP contribution < -0.4 is 18.9 Å². The lowest BCUT2D eigenvalue weighted by atomic mass is 10.1. The number of allylic oxidation sites excluding steroid dienone is 1. The minimum absolute atomic E-state index is 0.0795. The summed E-state index contributed by atoms with van der Waals surface area (Å²) in [6.45, 7) is 0.160. The molecule has 0 N–H and O–H groups in total. The summed E-state index contributed by atoms with van der Waals surface area (Å²) in [5, 5.41) is 0. The van der Waals surface area contributed by atoms with Crippen molar-refractivity contribution in [1.82, 2.24) is 0 Å². The maximum absolute atomic E-state index is 13.3. The molecule has 6 nitrogen and oxygen atoms in total. The zero-order valence-corrected chi connectivity index (χ0v) is 15.4. The zero-order chi connectivity index (χ0) is 20.7. The number of fused-ring (bicyclic) bond motifs is 2. The summed E-state index contributed by atoms with van der Waals surface area (Å²) < 4.78 is 34.9. The van der Waals surface area contributed by atoms with E-state index in [2.05, 4.69) is 0 Å². The maximum Gasteiger partial charge on any atom is 0.343 e. The van der Waals surface area contributed by atoms with E-state index >= 15 is 0 Å². The van der Waals surface area contributed by atoms with E-state index in [0.717, 1.165) is 6.07 Å². The van der Waals surface area contributed by atoms with Gasteiger partial charge in [0.05, 0.1) is 11.1 Å². The summed E-state index contributed by atoms with van der Waals surface area (Å²) in [5.41, 5.74) is 1.15. The van der Waals surface area contributed by atoms with Crippen molar-refractivity contribution in [2.45, 2.75) is 0 Å². The van der Waals surface area contributed by atoms with Gasteiger partial charge in [-0.25, -0.2) is 9.18 Å². The van der Waals surface area contributed by atoms with Gasteiger partial charge >= 0.3 is 5.97 Å². The molecule has 0 spiro atoms. The Morgan fingerprint density at radius 2 is 1.83 bits per heavy atom. The van der Waals surface area contributed by atoms with Gasteiger partial charge in [0.25, 0.3) is 0 Å². The molecule has 2 aliphatic heterocycles. The van der Waals surface area contributed by atoms with Gasteiger partial charge in [-0.05, 0) is 54.1 Å². The van der Waals surface area contributed by atoms with Crippen LogP contribution in [0.1, 0.15) is 26.3 Å². The van der Waals surface area contributed by atoms with E-state index in [0.29, 0.717) is 22.6 Å². The maximum atomic E-state index is 13.3. The second kappa shape index (κ2) is 7.04. The van der Waals surface area contributed by atoms with Crippen LogP contribution in [-0.2, 0) is 0 Å². The van der Waals surface area contributed by atoms with Crippen LogP contribution in [0.2, 0.25) is 0 Å². The summed E-state index contributed by atoms with van der Waals surface area (Å²) in [6, 6.07) is 14.9. The Labute approximate surface area is 170 Å². The van der Waals surface area contributed by atoms with Crippen LogP contribution >= 0.6 is 0 Å². The first-order chi connectivity index (χ1) is 14.6. The van der Waals surface area contributed by atoms with Gasteiger partial charge in [-0.15, -0.1) is 0 Å². The molecule has 0 atom stereocenters. The number of Topliss-reactive ketones (excluding diaryl/α,β-unsaturated/α-hetero) is 1. The van der Waals surface area contributed by atoms with E-state index in [4.69, 9.17) is 18.9 Å². The molecule has 0 saturated carbocycles. The summed E-state index contributed by atoms with van der Waals surface area (Å²) in [5.74, 6) is 0.295. The molecule has 2 aliphatic rings. The Morgan fingerprint density at radius 3 is 2.70 bits per heavy atom. The number of ketones is 1. The first-order valence-corrected chi connectivity index (χ1v) is 9.02. The number of benzene rings is 3. The molecule has 0 saturated heterocycles. The summed E-state index contributed by atoms with van der Waals surface area (Å²) in [4.78, 5) is 24.8. The molecule has 0 aromatic heterocycles. The number of hydrogen-bond donors (Lipinski definition) is 0. The third kappa shape index (κ3) is 3.26. The average Bonchev–Trinajstić information content (AvgIpc) is 3.32. The van der Waals surface area contributed by atoms with E-state index < -0.39 is 11.8 Å². The van der Waals surface area contributed by atoms with Crippen molar-refractivity contribution in [1.29, 1.82) is 0 Å². The van der Waals surface area contributed by atoms with Crippen molar-refractivity contribution in [2.24, 2.45) is 0 Å². The van der Waals surface area contributed by atoms with E-state index in [1.807, 2.05) is 0 Å². The highest BCUT2D eigenvalue weighted by Gasteiger charge is 2.28. The van der Waals surface area contributed by atoms with E-state index in [1.165, 1.54) is 36.4 Å². The minimum Gasteiger partial charge on any atom is -0.454 e. The zero-order valence-electron chi connectivity index (χ0n) is 15.4. The van der Waals surface area contributed by atoms with Crippen molar-refractivity contribution in [3.63, 3.8) is 0 Å². The Bertz CT molecular complexity index is 1230. The normalized spacial score (nSPS) is 15.1. The lowest BCUT2D eigenvalue weighted by Gasteiger charge is -2.05. The summed E-state index contributed by atoms with van der Waals surface area (Å²) in [7, 11) is 0. The fourth-order valence-corrected chi connectivity index (χ4v) is 3.17. The molecule has 0 fully saturated rings. The van der Waals surface area contributed by atoms with Gasteiger partial charge < -0.3 is 18.9 Å². The molecular weight excluding hydrogens is 391 g/mol. The quantitative estimate of drug-likeness (QED) is 0.366. The molecule has 5 rings (SSSR count). The minimum atomic E-state index is -0.713. The number of esters is 1. The van der Waals surface area contributed by atoms with Crippen LogP contribution in [0.4, 0.5) is 4.39 Å². The fourth-order valence-electron chi connectivity index (χ4n) is 3.17. The van der Waals surface area contributed by atoms with Crippen molar-refractivity contribution in [3.05, 3.63) is 88.9 Å². The van der Waals surface area contributed by atoms with Crippen LogP contribution in [0.15, 0.2) is 66.4 Å². The first kappa shape index (κ1) is 17.9. The number of carbonyl (C=O) groups excluding carboxylic acids is 2. The standard InChI is InChI=1S/C23H13FO6/c24-15-3-1-2-14(10-15)23(26)29-16-5-6-17-19(11-16)30-21(22(17)25)9-13-4-7-18-20(8-13)28-12-27-18/h1-11H,12H2/b21-9-. The Morgan fingerprint density at radius 1 is 0.967 bits per heavy atom. The predicted octanol–water partition coefficient (Wildman–Crippen LogP) is 4.39. The molecule has 0 amide bonds. The van der Waals surface area contributed by atoms with E-state index in [-0.39, 0.29) is 35.4 Å². The molecule has 7 heteroatoms. The van der Waals surface area contributed by atoms with Gasteiger partial charge in [0.15, 0.2) is 17.3 Å². The Balaban J connectivity index is 1.37. The van der Waals surface area contributed by atoms with Crippen molar-refractivity contribution in [2.75, 3.05) is 6.79 Å². The molecule has 148 valence electrons. The van der Waals surface area contributed by atoms with Crippen molar-refractivity contribution >= 4 is 17.8 Å². The third-order valence-corrected chi connectivity index (χ3v) is 4.61. The van der Waals surface area contributed by atoms with Crippen LogP contribution in [0.5, 0.6) is 23.0 Å². The topological polar surface area (TPSA) is 71.1 Å². The Hall–Kier alpha value is -4.13. The van der Waals surface area contributed by atoms with Gasteiger partial charge in [-0.1, -0.05) is 12.1 Å². The monoisotopic (exact) mass is 404 g/mol. The molecule has 0 radical (unpaired) electrons. The molecule has 0 aliphatic carbocycles. The number of hydrogen-bond acceptors (Lipinski definition) is 6. The van der Waals surface area contributed by atoms with Crippen LogP contribution in [-0.4, -0.2) is 18.5 Å². The van der Waals surface area contributed by atoms with E-state index in [1.54, 1.807) is 24.3 Å². The van der Waals surface area contributed by atoms with Crippen LogP contribution in [0.25, 0.3) is 6.08 Å². The molecular formula is C23H13FO6. The van der Waals surface area contributed by atoms with Crippen molar-refractivity contribution < 1.29 is 32.9 Å². The number of halogens is 1. The second-order valence-electron chi connectivity index (χ2n) is 6.61. The summed E-state index contributed by atoms with van der Waals surface area (Å²) >= 11 is 0. The van der Waals surface area contributed by atoms with Crippen LogP contribution in [0.3, 0.4) is 0 Å². The van der Waals surface area contributed by atoms with Gasteiger partial charge in [-0.3, -0.25) is 4.79 Å². The molecule has 2 heterocycles. The predicted molar refractivity (Wildman–Crippen MR) is 103 cm³/mol. The Kier molecular flexibility index (Phi) is 4.21. The lowest BCUT2D eigenvalue weighted by molar-refractivity contribution is 0.0734. The summed E-state index contributed by atoms with van der Waals surface area (Å²) in [6.07, 6.45) is 1.60. The average molecular weight is 404 g/mol. The van der Waals surface area contributed by atoms with Gasteiger partial charge in [0, 0.05) is 6.07 Å². The fraction of sp³-hybridized carbons (Fsp3) is 0.0435. The first-order valence-electron chi connectivity index (χ1n) is 9.02. The number of rotatable bonds is 3. The van der Waals surface area contributed by atoms with Crippen molar-refractivity contribution in [3.8, 4) is 23.0 Å². The SMILES string of the molecule is O=C(Oc1ccc2c(c1)O/C(=C\c1ccc3c(c1)OCO3)C2=O)c1cccc(F)c1. The van der Waals surface area contributed by atoms with Crippen LogP contribution in [0, 0.1) is 5.82 Å². The molecule has 0 bridgehead atoms. The molecule has 3 aromatic carbocycles. The molecule has 30 heavy (non-hydrogen) atoms.